The van der Waals surface area contributed by atoms with Gasteiger partial charge in [-0.1, -0.05) is 35.9 Å². The topological polar surface area (TPSA) is 92.8 Å². The van der Waals surface area contributed by atoms with Crippen LogP contribution in [0.15, 0.2) is 77.7 Å². The Morgan fingerprint density at radius 1 is 0.969 bits per heavy atom. The zero-order valence-electron chi connectivity index (χ0n) is 18.0. The molecule has 0 bridgehead atoms. The highest BCUT2D eigenvalue weighted by Gasteiger charge is 2.25. The quantitative estimate of drug-likeness (QED) is 0.541. The number of hydrogen-bond donors (Lipinski definition) is 1. The molecule has 3 aromatic carbocycles. The molecule has 0 saturated heterocycles. The lowest BCUT2D eigenvalue weighted by Crippen LogP contribution is -2.29. The molecular formula is C24H24N2O5S. The number of nitrogens with zero attached hydrogens (tertiary/aromatic N) is 1. The molecule has 32 heavy (non-hydrogen) atoms. The Bertz CT molecular complexity index is 1240. The van der Waals surface area contributed by atoms with E-state index in [-0.39, 0.29) is 22.8 Å². The fourth-order valence-electron chi connectivity index (χ4n) is 3.07. The van der Waals surface area contributed by atoms with Gasteiger partial charge in [0.25, 0.3) is 15.9 Å². The monoisotopic (exact) mass is 452 g/mol. The van der Waals surface area contributed by atoms with E-state index < -0.39 is 21.9 Å². The number of ether oxygens (including phenoxy) is 1. The van der Waals surface area contributed by atoms with Gasteiger partial charge in [0.05, 0.1) is 28.3 Å². The predicted molar refractivity (Wildman–Crippen MR) is 124 cm³/mol. The second kappa shape index (κ2) is 9.65. The van der Waals surface area contributed by atoms with Crippen LogP contribution in [-0.2, 0) is 14.8 Å². The molecule has 8 heteroatoms. The van der Waals surface area contributed by atoms with Crippen LogP contribution in [0.25, 0.3) is 0 Å². The molecular weight excluding hydrogens is 428 g/mol. The molecule has 1 N–H and O–H groups in total. The average Bonchev–Trinajstić information content (AvgIpc) is 2.79. The molecule has 1 amide bonds. The summed E-state index contributed by atoms with van der Waals surface area (Å²) in [6.45, 7) is 3.82. The van der Waals surface area contributed by atoms with Crippen molar-refractivity contribution in [2.45, 2.75) is 18.7 Å². The maximum Gasteiger partial charge on any atom is 0.338 e. The fourth-order valence-corrected chi connectivity index (χ4v) is 4.29. The highest BCUT2D eigenvalue weighted by molar-refractivity contribution is 7.92. The van der Waals surface area contributed by atoms with Crippen molar-refractivity contribution in [1.29, 1.82) is 0 Å². The maximum absolute atomic E-state index is 13.1. The number of hydrogen-bond acceptors (Lipinski definition) is 5. The zero-order chi connectivity index (χ0) is 23.3. The van der Waals surface area contributed by atoms with E-state index in [0.717, 1.165) is 9.87 Å². The van der Waals surface area contributed by atoms with Crippen LogP contribution >= 0.6 is 0 Å². The number of nitrogens with one attached hydrogen (secondary N) is 1. The van der Waals surface area contributed by atoms with Crippen LogP contribution in [0, 0.1) is 6.92 Å². The van der Waals surface area contributed by atoms with Crippen LogP contribution in [0.5, 0.6) is 0 Å². The summed E-state index contributed by atoms with van der Waals surface area (Å²) in [6, 6.07) is 19.3. The van der Waals surface area contributed by atoms with Crippen LogP contribution in [0.1, 0.15) is 33.2 Å². The summed E-state index contributed by atoms with van der Waals surface area (Å²) in [7, 11) is -2.46. The van der Waals surface area contributed by atoms with Crippen molar-refractivity contribution < 1.29 is 22.7 Å². The maximum atomic E-state index is 13.1. The number of amides is 1. The van der Waals surface area contributed by atoms with Crippen LogP contribution in [-0.4, -0.2) is 33.9 Å². The van der Waals surface area contributed by atoms with Crippen LogP contribution in [0.4, 0.5) is 11.4 Å². The molecule has 0 fully saturated rings. The van der Waals surface area contributed by atoms with Crippen molar-refractivity contribution in [3.63, 3.8) is 0 Å². The lowest BCUT2D eigenvalue weighted by atomic mass is 10.1. The van der Waals surface area contributed by atoms with Gasteiger partial charge in [-0.25, -0.2) is 13.2 Å². The van der Waals surface area contributed by atoms with Crippen molar-refractivity contribution >= 4 is 33.3 Å². The highest BCUT2D eigenvalue weighted by Crippen LogP contribution is 2.27. The van der Waals surface area contributed by atoms with E-state index in [0.29, 0.717) is 11.3 Å². The Balaban J connectivity index is 1.89. The van der Waals surface area contributed by atoms with Gasteiger partial charge in [-0.05, 0) is 56.3 Å². The minimum absolute atomic E-state index is 0.128. The molecule has 0 aliphatic carbocycles. The second-order valence-corrected chi connectivity index (χ2v) is 9.03. The molecule has 166 valence electrons. The molecule has 0 atom stereocenters. The number of carbonyl (C=O) groups is 2. The normalized spacial score (nSPS) is 11.0. The van der Waals surface area contributed by atoms with Crippen molar-refractivity contribution in [2.75, 3.05) is 23.3 Å². The summed E-state index contributed by atoms with van der Waals surface area (Å²) in [4.78, 5) is 25.1. The van der Waals surface area contributed by atoms with Crippen molar-refractivity contribution in [3.05, 3.63) is 89.5 Å². The van der Waals surface area contributed by atoms with Gasteiger partial charge in [0, 0.05) is 12.7 Å². The SMILES string of the molecule is CCOC(=O)c1cccc(NC(=O)c2ccccc2N(C)S(=O)(=O)c2ccc(C)cc2)c1. The van der Waals surface area contributed by atoms with Crippen LogP contribution < -0.4 is 9.62 Å². The molecule has 0 unspecified atom stereocenters. The number of esters is 1. The largest absolute Gasteiger partial charge is 0.462 e. The summed E-state index contributed by atoms with van der Waals surface area (Å²) in [5, 5.41) is 2.72. The second-order valence-electron chi connectivity index (χ2n) is 7.06. The average molecular weight is 453 g/mol. The number of aryl methyl sites for hydroxylation is 1. The molecule has 0 aromatic heterocycles. The summed E-state index contributed by atoms with van der Waals surface area (Å²) in [5.74, 6) is -1.000. The first kappa shape index (κ1) is 23.0. The molecule has 0 radical (unpaired) electrons. The summed E-state index contributed by atoms with van der Waals surface area (Å²) in [5.41, 5.74) is 2.03. The van der Waals surface area contributed by atoms with Crippen molar-refractivity contribution in [3.8, 4) is 0 Å². The minimum Gasteiger partial charge on any atom is -0.462 e. The van der Waals surface area contributed by atoms with Gasteiger partial charge in [-0.2, -0.15) is 0 Å². The first-order chi connectivity index (χ1) is 15.2. The number of anilines is 2. The third-order valence-electron chi connectivity index (χ3n) is 4.80. The van der Waals surface area contributed by atoms with Gasteiger partial charge in [0.1, 0.15) is 0 Å². The third-order valence-corrected chi connectivity index (χ3v) is 6.58. The number of sulfonamides is 1. The van der Waals surface area contributed by atoms with Crippen LogP contribution in [0.2, 0.25) is 0 Å². The van der Waals surface area contributed by atoms with Crippen LogP contribution in [0.3, 0.4) is 0 Å². The standard InChI is InChI=1S/C24H24N2O5S/c1-4-31-24(28)18-8-7-9-19(16-18)25-23(27)21-10-5-6-11-22(21)26(3)32(29,30)20-14-12-17(2)13-15-20/h5-16H,4H2,1-3H3,(H,25,27). The first-order valence-corrected chi connectivity index (χ1v) is 11.4. The number of benzene rings is 3. The number of carbonyl (C=O) groups excluding carboxylic acids is 2. The van der Waals surface area contributed by atoms with Gasteiger partial charge in [0.2, 0.25) is 0 Å². The Kier molecular flexibility index (Phi) is 6.95. The Labute approximate surface area is 187 Å². The highest BCUT2D eigenvalue weighted by atomic mass is 32.2. The molecule has 0 aliphatic heterocycles. The number of rotatable bonds is 7. The lowest BCUT2D eigenvalue weighted by molar-refractivity contribution is 0.0526. The lowest BCUT2D eigenvalue weighted by Gasteiger charge is -2.22. The molecule has 3 aromatic rings. The minimum atomic E-state index is -3.87. The summed E-state index contributed by atoms with van der Waals surface area (Å²) in [6.07, 6.45) is 0. The fraction of sp³-hybridized carbons (Fsp3) is 0.167. The predicted octanol–water partition coefficient (Wildman–Crippen LogP) is 4.25. The van der Waals surface area contributed by atoms with E-state index in [1.165, 1.54) is 25.2 Å². The first-order valence-electron chi connectivity index (χ1n) is 9.97. The molecule has 0 heterocycles. The van der Waals surface area contributed by atoms with Gasteiger partial charge in [-0.3, -0.25) is 9.10 Å². The van der Waals surface area contributed by atoms with Crippen molar-refractivity contribution in [1.82, 2.24) is 0 Å². The van der Waals surface area contributed by atoms with E-state index in [1.54, 1.807) is 61.5 Å². The number of para-hydroxylation sites is 1. The van der Waals surface area contributed by atoms with Gasteiger partial charge in [0.15, 0.2) is 0 Å². The molecule has 7 nitrogen and oxygen atoms in total. The molecule has 0 aliphatic rings. The summed E-state index contributed by atoms with van der Waals surface area (Å²) >= 11 is 0. The van der Waals surface area contributed by atoms with E-state index in [1.807, 2.05) is 6.92 Å². The molecule has 0 spiro atoms. The van der Waals surface area contributed by atoms with Gasteiger partial charge in [-0.15, -0.1) is 0 Å². The Morgan fingerprint density at radius 3 is 2.34 bits per heavy atom. The molecule has 3 rings (SSSR count). The van der Waals surface area contributed by atoms with E-state index in [4.69, 9.17) is 4.74 Å². The van der Waals surface area contributed by atoms with Gasteiger partial charge < -0.3 is 10.1 Å². The smallest absolute Gasteiger partial charge is 0.338 e. The van der Waals surface area contributed by atoms with E-state index in [9.17, 15) is 18.0 Å². The molecule has 0 saturated carbocycles. The van der Waals surface area contributed by atoms with Crippen molar-refractivity contribution in [2.24, 2.45) is 0 Å². The Morgan fingerprint density at radius 2 is 1.66 bits per heavy atom. The zero-order valence-corrected chi connectivity index (χ0v) is 18.8. The van der Waals surface area contributed by atoms with E-state index >= 15 is 0 Å². The van der Waals surface area contributed by atoms with Gasteiger partial charge >= 0.3 is 5.97 Å². The Hall–Kier alpha value is -3.65. The van der Waals surface area contributed by atoms with E-state index in [2.05, 4.69) is 5.32 Å². The third kappa shape index (κ3) is 4.97. The summed E-state index contributed by atoms with van der Waals surface area (Å²) < 4.78 is 32.3.